The van der Waals surface area contributed by atoms with Crippen LogP contribution in [-0.2, 0) is 9.53 Å². The van der Waals surface area contributed by atoms with Gasteiger partial charge < -0.3 is 14.5 Å². The Morgan fingerprint density at radius 2 is 0.909 bits per heavy atom. The molecule has 0 heterocycles. The molecule has 0 unspecified atom stereocenters. The Morgan fingerprint density at radius 1 is 0.591 bits per heavy atom. The first-order chi connectivity index (χ1) is 20.7. The predicted molar refractivity (Wildman–Crippen MR) is 160 cm³/mol. The maximum atomic E-state index is 13.5. The monoisotopic (exact) mass is 614 g/mol. The third-order valence-electron chi connectivity index (χ3n) is 7.32. The van der Waals surface area contributed by atoms with Gasteiger partial charge in [0.15, 0.2) is 0 Å². The number of halogens is 6. The van der Waals surface area contributed by atoms with Gasteiger partial charge >= 0.3 is 18.3 Å². The third-order valence-corrected chi connectivity index (χ3v) is 7.32. The van der Waals surface area contributed by atoms with Crippen LogP contribution in [0, 0.1) is 5.41 Å². The van der Waals surface area contributed by atoms with E-state index in [1.165, 1.54) is 7.11 Å². The second kappa shape index (κ2) is 13.0. The molecule has 0 fully saturated rings. The lowest BCUT2D eigenvalue weighted by Crippen LogP contribution is -2.34. The lowest BCUT2D eigenvalue weighted by Gasteiger charge is -2.34. The van der Waals surface area contributed by atoms with Crippen LogP contribution in [0.1, 0.15) is 30.9 Å². The van der Waals surface area contributed by atoms with Crippen molar-refractivity contribution in [1.29, 1.82) is 0 Å². The molecule has 0 aromatic heterocycles. The minimum Gasteiger partial charge on any atom is -0.469 e. The highest BCUT2D eigenvalue weighted by Crippen LogP contribution is 2.43. The predicted octanol–water partition coefficient (Wildman–Crippen LogP) is 9.42. The van der Waals surface area contributed by atoms with Gasteiger partial charge in [-0.25, -0.2) is 0 Å². The zero-order valence-corrected chi connectivity index (χ0v) is 24.4. The Bertz CT molecular complexity index is 1400. The highest BCUT2D eigenvalue weighted by atomic mass is 19.4. The van der Waals surface area contributed by atoms with Gasteiger partial charge in [-0.15, -0.1) is 0 Å². The van der Waals surface area contributed by atoms with E-state index in [1.54, 1.807) is 123 Å². The number of methoxy groups -OCH3 is 1. The Labute approximate surface area is 252 Å². The number of esters is 1. The van der Waals surface area contributed by atoms with Gasteiger partial charge in [0, 0.05) is 28.7 Å². The maximum absolute atomic E-state index is 13.5. The summed E-state index contributed by atoms with van der Waals surface area (Å²) in [6.45, 7) is 0.964. The van der Waals surface area contributed by atoms with Crippen molar-refractivity contribution in [2.24, 2.45) is 5.41 Å². The number of alkyl halides is 6. The van der Waals surface area contributed by atoms with Crippen molar-refractivity contribution >= 4 is 28.7 Å². The van der Waals surface area contributed by atoms with Crippen LogP contribution in [0.15, 0.2) is 109 Å². The fraction of sp³-hybridized carbons (Fsp3) is 0.265. The molecule has 0 radical (unpaired) electrons. The number of carbonyl (C=O) groups excluding carboxylic acids is 1. The van der Waals surface area contributed by atoms with E-state index < -0.39 is 42.7 Å². The average molecular weight is 615 g/mol. The number of benzene rings is 4. The van der Waals surface area contributed by atoms with Crippen molar-refractivity contribution in [1.82, 2.24) is 0 Å². The Balaban J connectivity index is 1.74. The van der Waals surface area contributed by atoms with E-state index in [0.717, 1.165) is 9.80 Å². The SMILES string of the molecule is COC(=O)C(C)(C)C(c1ccc(N(CC(F)(F)F)c2ccccc2)cc1)c1ccc(N(CC(F)(F)F)c2ccccc2)cc1. The Hall–Kier alpha value is -4.47. The zero-order chi connectivity index (χ0) is 32.1. The number of para-hydroxylation sites is 2. The molecule has 0 atom stereocenters. The molecule has 0 spiro atoms. The van der Waals surface area contributed by atoms with Gasteiger partial charge in [0.2, 0.25) is 0 Å². The van der Waals surface area contributed by atoms with Gasteiger partial charge in [0.25, 0.3) is 0 Å². The van der Waals surface area contributed by atoms with Gasteiger partial charge in [-0.1, -0.05) is 60.7 Å². The minimum atomic E-state index is -4.47. The molecule has 0 bridgehead atoms. The van der Waals surface area contributed by atoms with Crippen molar-refractivity contribution in [2.45, 2.75) is 32.1 Å². The second-order valence-corrected chi connectivity index (χ2v) is 10.9. The van der Waals surface area contributed by atoms with E-state index in [0.29, 0.717) is 33.9 Å². The number of nitrogens with zero attached hydrogens (tertiary/aromatic N) is 2. The highest BCUT2D eigenvalue weighted by molar-refractivity contribution is 5.78. The molecule has 10 heteroatoms. The summed E-state index contributed by atoms with van der Waals surface area (Å²) in [5.41, 5.74) is 1.41. The van der Waals surface area contributed by atoms with Crippen LogP contribution in [0.4, 0.5) is 49.1 Å². The Morgan fingerprint density at radius 3 is 1.20 bits per heavy atom. The van der Waals surface area contributed by atoms with Gasteiger partial charge in [-0.05, 0) is 73.5 Å². The van der Waals surface area contributed by atoms with Crippen molar-refractivity contribution in [3.05, 3.63) is 120 Å². The smallest absolute Gasteiger partial charge is 0.406 e. The maximum Gasteiger partial charge on any atom is 0.406 e. The van der Waals surface area contributed by atoms with Crippen LogP contribution in [0.3, 0.4) is 0 Å². The second-order valence-electron chi connectivity index (χ2n) is 10.9. The molecule has 0 aliphatic heterocycles. The summed E-state index contributed by atoms with van der Waals surface area (Å²) in [6.07, 6.45) is -8.93. The van der Waals surface area contributed by atoms with E-state index in [4.69, 9.17) is 4.74 Å². The first-order valence-electron chi connectivity index (χ1n) is 13.8. The van der Waals surface area contributed by atoms with Crippen LogP contribution < -0.4 is 9.80 Å². The number of carbonyl (C=O) groups is 1. The average Bonchev–Trinajstić information content (AvgIpc) is 2.99. The van der Waals surface area contributed by atoms with Crippen LogP contribution in [-0.4, -0.2) is 38.5 Å². The van der Waals surface area contributed by atoms with Crippen LogP contribution in [0.2, 0.25) is 0 Å². The van der Waals surface area contributed by atoms with Gasteiger partial charge in [-0.3, -0.25) is 4.79 Å². The molecule has 0 aliphatic carbocycles. The lowest BCUT2D eigenvalue weighted by atomic mass is 9.71. The summed E-state index contributed by atoms with van der Waals surface area (Å²) in [4.78, 5) is 15.3. The lowest BCUT2D eigenvalue weighted by molar-refractivity contribution is -0.151. The molecule has 44 heavy (non-hydrogen) atoms. The number of anilines is 4. The normalized spacial score (nSPS) is 12.2. The zero-order valence-electron chi connectivity index (χ0n) is 24.4. The number of hydrogen-bond donors (Lipinski definition) is 0. The summed E-state index contributed by atoms with van der Waals surface area (Å²) in [6, 6.07) is 29.2. The number of ether oxygens (including phenoxy) is 1. The molecular weight excluding hydrogens is 582 g/mol. The van der Waals surface area contributed by atoms with E-state index in [1.807, 2.05) is 0 Å². The molecule has 0 N–H and O–H groups in total. The van der Waals surface area contributed by atoms with Crippen molar-refractivity contribution in [3.8, 4) is 0 Å². The number of rotatable bonds is 10. The summed E-state index contributed by atoms with van der Waals surface area (Å²) in [5.74, 6) is -1.17. The topological polar surface area (TPSA) is 32.8 Å². The van der Waals surface area contributed by atoms with E-state index in [-0.39, 0.29) is 0 Å². The molecule has 4 nitrogen and oxygen atoms in total. The fourth-order valence-corrected chi connectivity index (χ4v) is 5.34. The first kappa shape index (κ1) is 32.4. The fourth-order valence-electron chi connectivity index (χ4n) is 5.34. The first-order valence-corrected chi connectivity index (χ1v) is 13.8. The molecule has 4 aromatic rings. The molecule has 0 saturated carbocycles. The minimum absolute atomic E-state index is 0.299. The summed E-state index contributed by atoms with van der Waals surface area (Å²) in [7, 11) is 1.26. The highest BCUT2D eigenvalue weighted by Gasteiger charge is 2.40. The summed E-state index contributed by atoms with van der Waals surface area (Å²) < 4.78 is 86.2. The summed E-state index contributed by atoms with van der Waals surface area (Å²) in [5, 5.41) is 0. The molecule has 4 rings (SSSR count). The van der Waals surface area contributed by atoms with Crippen LogP contribution >= 0.6 is 0 Å². The molecule has 4 aromatic carbocycles. The quantitative estimate of drug-likeness (QED) is 0.132. The standard InChI is InChI=1S/C34H32F6N2O2/c1-32(2,31(43)44-3)30(24-14-18-28(19-15-24)41(22-33(35,36)37)26-10-6-4-7-11-26)25-16-20-29(21-17-25)42(23-34(38,39)40)27-12-8-5-9-13-27/h4-21,30H,22-23H2,1-3H3. The van der Waals surface area contributed by atoms with E-state index >= 15 is 0 Å². The van der Waals surface area contributed by atoms with Gasteiger partial charge in [-0.2, -0.15) is 26.3 Å². The molecular formula is C34H32F6N2O2. The van der Waals surface area contributed by atoms with Crippen molar-refractivity contribution in [2.75, 3.05) is 30.0 Å². The van der Waals surface area contributed by atoms with Crippen LogP contribution in [0.5, 0.6) is 0 Å². The van der Waals surface area contributed by atoms with E-state index in [9.17, 15) is 31.1 Å². The van der Waals surface area contributed by atoms with Gasteiger partial charge in [0.05, 0.1) is 12.5 Å². The van der Waals surface area contributed by atoms with Crippen molar-refractivity contribution < 1.29 is 35.9 Å². The number of hydrogen-bond acceptors (Lipinski definition) is 4. The molecule has 232 valence electrons. The largest absolute Gasteiger partial charge is 0.469 e. The van der Waals surface area contributed by atoms with E-state index in [2.05, 4.69) is 0 Å². The van der Waals surface area contributed by atoms with Crippen molar-refractivity contribution in [3.63, 3.8) is 0 Å². The summed E-state index contributed by atoms with van der Waals surface area (Å²) >= 11 is 0. The molecule has 0 amide bonds. The molecule has 0 saturated heterocycles. The third kappa shape index (κ3) is 7.92. The Kier molecular flexibility index (Phi) is 9.61. The molecule has 0 aliphatic rings. The van der Waals surface area contributed by atoms with Crippen LogP contribution in [0.25, 0.3) is 0 Å². The van der Waals surface area contributed by atoms with Gasteiger partial charge in [0.1, 0.15) is 13.1 Å².